The van der Waals surface area contributed by atoms with E-state index in [0.717, 1.165) is 11.6 Å². The summed E-state index contributed by atoms with van der Waals surface area (Å²) < 4.78 is 0. The minimum Gasteiger partial charge on any atom is -0.313 e. The molecule has 2 rings (SSSR count). The lowest BCUT2D eigenvalue weighted by atomic mass is 9.46. The Morgan fingerprint density at radius 1 is 1.21 bits per heavy atom. The fourth-order valence-corrected chi connectivity index (χ4v) is 4.59. The maximum absolute atomic E-state index is 6.18. The van der Waals surface area contributed by atoms with Crippen molar-refractivity contribution < 1.29 is 0 Å². The van der Waals surface area contributed by atoms with Gasteiger partial charge in [-0.25, -0.2) is 0 Å². The highest BCUT2D eigenvalue weighted by molar-refractivity contribution is 6.30. The van der Waals surface area contributed by atoms with Crippen LogP contribution in [0.2, 0.25) is 5.02 Å². The SMILES string of the molecule is CCNC1C(C)C(c2cccc(Cl)c2)C1(CC)CC. The number of hydrogen-bond donors (Lipinski definition) is 1. The summed E-state index contributed by atoms with van der Waals surface area (Å²) in [7, 11) is 0. The van der Waals surface area contributed by atoms with Gasteiger partial charge in [-0.05, 0) is 54.3 Å². The van der Waals surface area contributed by atoms with Crippen molar-refractivity contribution in [3.8, 4) is 0 Å². The molecule has 19 heavy (non-hydrogen) atoms. The van der Waals surface area contributed by atoms with Gasteiger partial charge in [0, 0.05) is 11.1 Å². The minimum absolute atomic E-state index is 0.389. The van der Waals surface area contributed by atoms with Crippen molar-refractivity contribution in [2.75, 3.05) is 6.54 Å². The lowest BCUT2D eigenvalue weighted by Gasteiger charge is -2.61. The average molecular weight is 280 g/mol. The average Bonchev–Trinajstić information content (AvgIpc) is 2.41. The molecule has 0 aliphatic heterocycles. The molecule has 1 saturated carbocycles. The largest absolute Gasteiger partial charge is 0.313 e. The molecule has 3 atom stereocenters. The van der Waals surface area contributed by atoms with Crippen LogP contribution in [0.3, 0.4) is 0 Å². The molecule has 2 heteroatoms. The van der Waals surface area contributed by atoms with Crippen LogP contribution in [-0.4, -0.2) is 12.6 Å². The summed E-state index contributed by atoms with van der Waals surface area (Å²) in [5.74, 6) is 1.31. The van der Waals surface area contributed by atoms with Gasteiger partial charge in [-0.3, -0.25) is 0 Å². The van der Waals surface area contributed by atoms with Gasteiger partial charge in [-0.15, -0.1) is 0 Å². The number of hydrogen-bond acceptors (Lipinski definition) is 1. The molecule has 1 fully saturated rings. The lowest BCUT2D eigenvalue weighted by Crippen LogP contribution is -2.63. The number of rotatable bonds is 5. The Kier molecular flexibility index (Phi) is 4.58. The van der Waals surface area contributed by atoms with E-state index >= 15 is 0 Å². The first kappa shape index (κ1) is 14.9. The third-order valence-electron chi connectivity index (χ3n) is 5.24. The molecule has 1 aromatic carbocycles. The highest BCUT2D eigenvalue weighted by Gasteiger charge is 2.57. The molecule has 3 unspecified atom stereocenters. The molecule has 1 nitrogen and oxygen atoms in total. The maximum atomic E-state index is 6.18. The van der Waals surface area contributed by atoms with E-state index in [-0.39, 0.29) is 0 Å². The van der Waals surface area contributed by atoms with Gasteiger partial charge in [-0.2, -0.15) is 0 Å². The van der Waals surface area contributed by atoms with E-state index in [4.69, 9.17) is 11.6 Å². The number of halogens is 1. The molecule has 1 aliphatic carbocycles. The van der Waals surface area contributed by atoms with Crippen LogP contribution in [0, 0.1) is 11.3 Å². The molecule has 1 aromatic rings. The molecule has 0 heterocycles. The zero-order valence-corrected chi connectivity index (χ0v) is 13.3. The van der Waals surface area contributed by atoms with Crippen LogP contribution in [0.25, 0.3) is 0 Å². The van der Waals surface area contributed by atoms with Crippen LogP contribution in [0.5, 0.6) is 0 Å². The van der Waals surface area contributed by atoms with Gasteiger partial charge >= 0.3 is 0 Å². The van der Waals surface area contributed by atoms with E-state index in [1.165, 1.54) is 18.4 Å². The van der Waals surface area contributed by atoms with Crippen molar-refractivity contribution in [2.45, 2.75) is 52.5 Å². The monoisotopic (exact) mass is 279 g/mol. The fraction of sp³-hybridized carbons (Fsp3) is 0.647. The summed E-state index contributed by atoms with van der Waals surface area (Å²) in [6.07, 6.45) is 2.45. The van der Waals surface area contributed by atoms with Crippen LogP contribution in [0.4, 0.5) is 0 Å². The molecular weight excluding hydrogens is 254 g/mol. The standard InChI is InChI=1S/C17H26ClN/c1-5-17(6-2)15(12(4)16(17)19-7-3)13-9-8-10-14(18)11-13/h8-12,15-16,19H,5-7H2,1-4H3. The summed E-state index contributed by atoms with van der Waals surface area (Å²) in [4.78, 5) is 0. The highest BCUT2D eigenvalue weighted by atomic mass is 35.5. The van der Waals surface area contributed by atoms with Crippen molar-refractivity contribution in [3.63, 3.8) is 0 Å². The van der Waals surface area contributed by atoms with Crippen LogP contribution in [0.15, 0.2) is 24.3 Å². The second kappa shape index (κ2) is 5.85. The van der Waals surface area contributed by atoms with Crippen molar-refractivity contribution in [1.82, 2.24) is 5.32 Å². The second-order valence-corrected chi connectivity index (χ2v) is 6.30. The number of benzene rings is 1. The Morgan fingerprint density at radius 3 is 2.42 bits per heavy atom. The molecule has 0 saturated heterocycles. The summed E-state index contributed by atoms with van der Waals surface area (Å²) in [5.41, 5.74) is 1.80. The van der Waals surface area contributed by atoms with Gasteiger partial charge in [0.1, 0.15) is 0 Å². The Morgan fingerprint density at radius 2 is 1.89 bits per heavy atom. The molecule has 0 amide bonds. The summed E-state index contributed by atoms with van der Waals surface area (Å²) >= 11 is 6.18. The summed E-state index contributed by atoms with van der Waals surface area (Å²) in [6, 6.07) is 9.09. The molecule has 0 spiro atoms. The minimum atomic E-state index is 0.389. The molecule has 1 aliphatic rings. The zero-order chi connectivity index (χ0) is 14.0. The topological polar surface area (TPSA) is 12.0 Å². The van der Waals surface area contributed by atoms with Crippen molar-refractivity contribution in [3.05, 3.63) is 34.9 Å². The lowest BCUT2D eigenvalue weighted by molar-refractivity contribution is -0.0386. The van der Waals surface area contributed by atoms with Gasteiger partial charge in [-0.1, -0.05) is 51.4 Å². The highest BCUT2D eigenvalue weighted by Crippen LogP contribution is 2.60. The molecule has 1 N–H and O–H groups in total. The first-order valence-corrected chi connectivity index (χ1v) is 7.97. The third-order valence-corrected chi connectivity index (χ3v) is 5.47. The van der Waals surface area contributed by atoms with Gasteiger partial charge in [0.2, 0.25) is 0 Å². The second-order valence-electron chi connectivity index (χ2n) is 5.87. The Balaban J connectivity index is 2.34. The van der Waals surface area contributed by atoms with Gasteiger partial charge < -0.3 is 5.32 Å². The molecule has 0 radical (unpaired) electrons. The predicted molar refractivity (Wildman–Crippen MR) is 83.8 cm³/mol. The van der Waals surface area contributed by atoms with Crippen LogP contribution >= 0.6 is 11.6 Å². The van der Waals surface area contributed by atoms with Gasteiger partial charge in [0.25, 0.3) is 0 Å². The van der Waals surface area contributed by atoms with Crippen LogP contribution < -0.4 is 5.32 Å². The van der Waals surface area contributed by atoms with Gasteiger partial charge in [0.15, 0.2) is 0 Å². The Bertz CT molecular complexity index is 425. The molecule has 0 bridgehead atoms. The van der Waals surface area contributed by atoms with E-state index in [1.54, 1.807) is 0 Å². The van der Waals surface area contributed by atoms with Crippen LogP contribution in [0.1, 0.15) is 52.0 Å². The van der Waals surface area contributed by atoms with Crippen LogP contribution in [-0.2, 0) is 0 Å². The first-order valence-electron chi connectivity index (χ1n) is 7.59. The van der Waals surface area contributed by atoms with E-state index in [2.05, 4.69) is 51.2 Å². The van der Waals surface area contributed by atoms with E-state index in [1.807, 2.05) is 6.07 Å². The Labute approximate surface area is 122 Å². The number of nitrogens with one attached hydrogen (secondary N) is 1. The first-order chi connectivity index (χ1) is 9.10. The van der Waals surface area contributed by atoms with E-state index < -0.39 is 0 Å². The van der Waals surface area contributed by atoms with Crippen molar-refractivity contribution in [1.29, 1.82) is 0 Å². The smallest absolute Gasteiger partial charge is 0.0408 e. The zero-order valence-electron chi connectivity index (χ0n) is 12.5. The summed E-state index contributed by atoms with van der Waals surface area (Å²) in [5, 5.41) is 4.56. The normalized spacial score (nSPS) is 29.0. The van der Waals surface area contributed by atoms with Crippen molar-refractivity contribution in [2.24, 2.45) is 11.3 Å². The van der Waals surface area contributed by atoms with Crippen molar-refractivity contribution >= 4 is 11.6 Å². The van der Waals surface area contributed by atoms with E-state index in [9.17, 15) is 0 Å². The van der Waals surface area contributed by atoms with E-state index in [0.29, 0.717) is 23.3 Å². The third kappa shape index (κ3) is 2.32. The maximum Gasteiger partial charge on any atom is 0.0408 e. The molecular formula is C17H26ClN. The predicted octanol–water partition coefficient (Wildman–Crippen LogP) is 4.86. The quantitative estimate of drug-likeness (QED) is 0.812. The van der Waals surface area contributed by atoms with Gasteiger partial charge in [0.05, 0.1) is 0 Å². The Hall–Kier alpha value is -0.530. The summed E-state index contributed by atoms with van der Waals surface area (Å²) in [6.45, 7) is 10.3. The molecule has 106 valence electrons. The molecule has 0 aromatic heterocycles. The fourth-order valence-electron chi connectivity index (χ4n) is 4.39.